The Morgan fingerprint density at radius 2 is 2.15 bits per heavy atom. The zero-order valence-electron chi connectivity index (χ0n) is 18.7. The fraction of sp³-hybridized carbons (Fsp3) is 0.455. The van der Waals surface area contributed by atoms with Crippen LogP contribution in [0.2, 0.25) is 5.15 Å². The van der Waals surface area contributed by atoms with Crippen LogP contribution in [0.3, 0.4) is 0 Å². The van der Waals surface area contributed by atoms with Gasteiger partial charge in [-0.2, -0.15) is 5.10 Å². The number of amides is 1. The summed E-state index contributed by atoms with van der Waals surface area (Å²) in [6, 6.07) is 3.05. The molecule has 11 heteroatoms. The zero-order valence-corrected chi connectivity index (χ0v) is 19.5. The van der Waals surface area contributed by atoms with Gasteiger partial charge in [-0.15, -0.1) is 0 Å². The maximum atomic E-state index is 13.8. The maximum absolute atomic E-state index is 13.8. The number of anilines is 1. The lowest BCUT2D eigenvalue weighted by Gasteiger charge is -2.26. The molecule has 1 aliphatic rings. The summed E-state index contributed by atoms with van der Waals surface area (Å²) in [5.74, 6) is -0.257. The number of hydrogen-bond donors (Lipinski definition) is 1. The van der Waals surface area contributed by atoms with Crippen molar-refractivity contribution in [1.29, 1.82) is 0 Å². The predicted octanol–water partition coefficient (Wildman–Crippen LogP) is 3.73. The summed E-state index contributed by atoms with van der Waals surface area (Å²) < 4.78 is 20.9. The van der Waals surface area contributed by atoms with Crippen molar-refractivity contribution in [2.24, 2.45) is 0 Å². The van der Waals surface area contributed by atoms with Gasteiger partial charge in [-0.3, -0.25) is 9.63 Å². The molecular weight excluding hydrogens is 451 g/mol. The number of nitrogens with zero attached hydrogens (tertiary/aromatic N) is 5. The Kier molecular flexibility index (Phi) is 6.78. The number of rotatable bonds is 7. The van der Waals surface area contributed by atoms with Gasteiger partial charge < -0.3 is 9.64 Å². The molecule has 1 amide bonds. The summed E-state index contributed by atoms with van der Waals surface area (Å²) >= 11 is 6.25. The van der Waals surface area contributed by atoms with E-state index in [0.29, 0.717) is 30.2 Å². The van der Waals surface area contributed by atoms with E-state index in [9.17, 15) is 9.18 Å². The quantitative estimate of drug-likeness (QED) is 0.315. The molecule has 3 aromatic heterocycles. The van der Waals surface area contributed by atoms with E-state index >= 15 is 0 Å². The van der Waals surface area contributed by atoms with Crippen molar-refractivity contribution < 1.29 is 18.8 Å². The van der Waals surface area contributed by atoms with Gasteiger partial charge in [-0.1, -0.05) is 11.6 Å². The molecule has 0 unspecified atom stereocenters. The smallest absolute Gasteiger partial charge is 0.280 e. The number of hydrogen-bond acceptors (Lipinski definition) is 7. The molecule has 1 saturated heterocycles. The maximum Gasteiger partial charge on any atom is 0.280 e. The molecule has 1 aliphatic heterocycles. The number of pyridine rings is 1. The van der Waals surface area contributed by atoms with Crippen LogP contribution < -0.4 is 10.4 Å². The number of nitrogens with one attached hydrogen (secondary N) is 1. The van der Waals surface area contributed by atoms with Gasteiger partial charge in [0, 0.05) is 18.3 Å². The van der Waals surface area contributed by atoms with Gasteiger partial charge in [-0.05, 0) is 45.7 Å². The number of fused-ring (bicyclic) bond motifs is 1. The van der Waals surface area contributed by atoms with Crippen molar-refractivity contribution in [3.63, 3.8) is 0 Å². The van der Waals surface area contributed by atoms with E-state index in [1.807, 2.05) is 25.7 Å². The van der Waals surface area contributed by atoms with Crippen LogP contribution in [0.25, 0.3) is 5.65 Å². The Morgan fingerprint density at radius 1 is 1.33 bits per heavy atom. The second-order valence-corrected chi connectivity index (χ2v) is 9.10. The monoisotopic (exact) mass is 476 g/mol. The highest BCUT2D eigenvalue weighted by atomic mass is 35.5. The van der Waals surface area contributed by atoms with E-state index in [2.05, 4.69) is 20.5 Å². The van der Waals surface area contributed by atoms with Crippen LogP contribution in [0, 0.1) is 5.82 Å². The molecule has 3 aromatic rings. The van der Waals surface area contributed by atoms with Crippen molar-refractivity contribution in [3.05, 3.63) is 52.8 Å². The summed E-state index contributed by atoms with van der Waals surface area (Å²) in [4.78, 5) is 28.5. The van der Waals surface area contributed by atoms with Crippen LogP contribution >= 0.6 is 11.6 Å². The fourth-order valence-electron chi connectivity index (χ4n) is 3.78. The number of carbonyl (C=O) groups excluding carboxylic acids is 1. The Morgan fingerprint density at radius 3 is 2.94 bits per heavy atom. The largest absolute Gasteiger partial charge is 0.373 e. The van der Waals surface area contributed by atoms with E-state index < -0.39 is 11.7 Å². The van der Waals surface area contributed by atoms with Gasteiger partial charge in [0.15, 0.2) is 5.65 Å². The summed E-state index contributed by atoms with van der Waals surface area (Å²) in [5, 5.41) is 4.47. The molecule has 4 heterocycles. The van der Waals surface area contributed by atoms with Gasteiger partial charge >= 0.3 is 0 Å². The van der Waals surface area contributed by atoms with Crippen LogP contribution in [0.15, 0.2) is 30.7 Å². The Bertz CT molecular complexity index is 1150. The molecule has 0 radical (unpaired) electrons. The molecule has 1 atom stereocenters. The number of ether oxygens (including phenoxy) is 1. The number of halogens is 2. The first kappa shape index (κ1) is 23.3. The van der Waals surface area contributed by atoms with Gasteiger partial charge in [0.1, 0.15) is 22.4 Å². The van der Waals surface area contributed by atoms with Crippen molar-refractivity contribution >= 4 is 29.0 Å². The van der Waals surface area contributed by atoms with Gasteiger partial charge in [0.05, 0.1) is 37.3 Å². The van der Waals surface area contributed by atoms with Gasteiger partial charge in [-0.25, -0.2) is 24.4 Å². The van der Waals surface area contributed by atoms with Crippen molar-refractivity contribution in [2.45, 2.75) is 45.3 Å². The molecule has 1 N–H and O–H groups in total. The van der Waals surface area contributed by atoms with Crippen LogP contribution in [0.4, 0.5) is 10.2 Å². The molecule has 0 saturated carbocycles. The lowest BCUT2D eigenvalue weighted by atomic mass is 10.1. The van der Waals surface area contributed by atoms with Crippen molar-refractivity contribution in [3.8, 4) is 0 Å². The van der Waals surface area contributed by atoms with E-state index in [1.54, 1.807) is 12.3 Å². The number of carbonyl (C=O) groups is 1. The molecule has 4 rings (SSSR count). The lowest BCUT2D eigenvalue weighted by molar-refractivity contribution is -0.0511. The van der Waals surface area contributed by atoms with Crippen LogP contribution in [-0.2, 0) is 9.57 Å². The summed E-state index contributed by atoms with van der Waals surface area (Å²) in [6.45, 7) is 7.09. The SMILES string of the molecule is CC(C)(C)OCCONC(=O)c1cnn2ccc(N3CCC[C@@H]3c3cc(F)cnc3Cl)nc12. The van der Waals surface area contributed by atoms with E-state index in [1.165, 1.54) is 16.8 Å². The third kappa shape index (κ3) is 5.40. The first-order valence-corrected chi connectivity index (χ1v) is 11.1. The van der Waals surface area contributed by atoms with Gasteiger partial charge in [0.25, 0.3) is 5.91 Å². The second kappa shape index (κ2) is 9.58. The summed E-state index contributed by atoms with van der Waals surface area (Å²) in [7, 11) is 0. The first-order valence-electron chi connectivity index (χ1n) is 10.7. The summed E-state index contributed by atoms with van der Waals surface area (Å²) in [5.41, 5.74) is 3.40. The molecular formula is C22H26ClFN6O3. The highest BCUT2D eigenvalue weighted by Crippen LogP contribution is 2.38. The third-order valence-electron chi connectivity index (χ3n) is 5.22. The molecule has 0 aromatic carbocycles. The summed E-state index contributed by atoms with van der Waals surface area (Å²) in [6.07, 6.45) is 5.94. The fourth-order valence-corrected chi connectivity index (χ4v) is 4.01. The Balaban J connectivity index is 1.50. The molecule has 9 nitrogen and oxygen atoms in total. The van der Waals surface area contributed by atoms with Gasteiger partial charge in [0.2, 0.25) is 0 Å². The normalized spacial score (nSPS) is 16.5. The van der Waals surface area contributed by atoms with Crippen molar-refractivity contribution in [2.75, 3.05) is 24.7 Å². The zero-order chi connectivity index (χ0) is 23.6. The lowest BCUT2D eigenvalue weighted by Crippen LogP contribution is -2.28. The number of aromatic nitrogens is 4. The minimum absolute atomic E-state index is 0.165. The molecule has 1 fully saturated rings. The standard InChI is InChI=1S/C22H26ClFN6O3/c1-22(2,3)32-9-10-33-28-21(31)16-13-26-30-8-6-18(27-20(16)30)29-7-4-5-17(29)15-11-14(24)12-25-19(15)23/h6,8,11-13,17H,4-5,7,9-10H2,1-3H3,(H,28,31)/t17-/m1/s1. The molecule has 33 heavy (non-hydrogen) atoms. The van der Waals surface area contributed by atoms with E-state index in [0.717, 1.165) is 19.0 Å². The molecule has 0 spiro atoms. The number of hydroxylamine groups is 1. The van der Waals surface area contributed by atoms with Crippen LogP contribution in [-0.4, -0.2) is 50.8 Å². The minimum atomic E-state index is -0.458. The topological polar surface area (TPSA) is 93.9 Å². The predicted molar refractivity (Wildman–Crippen MR) is 121 cm³/mol. The average molecular weight is 477 g/mol. The third-order valence-corrected chi connectivity index (χ3v) is 5.54. The Hall–Kier alpha value is -2.82. The molecule has 0 bridgehead atoms. The average Bonchev–Trinajstić information content (AvgIpc) is 3.41. The van der Waals surface area contributed by atoms with Crippen molar-refractivity contribution in [1.82, 2.24) is 25.1 Å². The van der Waals surface area contributed by atoms with E-state index in [-0.39, 0.29) is 29.0 Å². The molecule has 176 valence electrons. The first-order chi connectivity index (χ1) is 15.7. The van der Waals surface area contributed by atoms with Crippen LogP contribution in [0.1, 0.15) is 55.6 Å². The highest BCUT2D eigenvalue weighted by Gasteiger charge is 2.30. The highest BCUT2D eigenvalue weighted by molar-refractivity contribution is 6.30. The van der Waals surface area contributed by atoms with E-state index in [4.69, 9.17) is 21.2 Å². The second-order valence-electron chi connectivity index (χ2n) is 8.74. The molecule has 0 aliphatic carbocycles. The van der Waals surface area contributed by atoms with Crippen LogP contribution in [0.5, 0.6) is 0 Å². The minimum Gasteiger partial charge on any atom is -0.373 e. The Labute approximate surface area is 195 Å².